The van der Waals surface area contributed by atoms with Gasteiger partial charge in [0.25, 0.3) is 0 Å². The molecule has 0 aliphatic carbocycles. The van der Waals surface area contributed by atoms with Gasteiger partial charge in [-0.25, -0.2) is 0 Å². The molecule has 4 heteroatoms. The van der Waals surface area contributed by atoms with Crippen LogP contribution in [0, 0.1) is 13.8 Å². The van der Waals surface area contributed by atoms with Gasteiger partial charge in [-0.1, -0.05) is 28.1 Å². The largest absolute Gasteiger partial charge is 0.388 e. The summed E-state index contributed by atoms with van der Waals surface area (Å²) < 4.78 is 2.20. The Labute approximate surface area is 128 Å². The summed E-state index contributed by atoms with van der Waals surface area (Å²) in [7, 11) is 0. The Bertz CT molecular complexity index is 540. The highest BCUT2D eigenvalue weighted by Gasteiger charge is 2.13. The lowest BCUT2D eigenvalue weighted by molar-refractivity contribution is 0.179. The van der Waals surface area contributed by atoms with Gasteiger partial charge in [-0.05, 0) is 57.9 Å². The van der Waals surface area contributed by atoms with Crippen LogP contribution in [-0.4, -0.2) is 5.11 Å². The first kappa shape index (κ1) is 14.3. The summed E-state index contributed by atoms with van der Waals surface area (Å²) in [6, 6.07) is 6.11. The van der Waals surface area contributed by atoms with Crippen molar-refractivity contribution in [3.63, 3.8) is 0 Å². The Morgan fingerprint density at radius 2 is 1.83 bits per heavy atom. The van der Waals surface area contributed by atoms with Crippen LogP contribution in [0.15, 0.2) is 32.5 Å². The summed E-state index contributed by atoms with van der Waals surface area (Å²) in [5, 5.41) is 12.4. The number of halogens is 2. The summed E-state index contributed by atoms with van der Waals surface area (Å²) in [6.07, 6.45) is 0.198. The zero-order valence-corrected chi connectivity index (χ0v) is 14.2. The minimum absolute atomic E-state index is 0.453. The Balaban J connectivity index is 2.24. The molecule has 0 fully saturated rings. The molecule has 1 atom stereocenters. The van der Waals surface area contributed by atoms with Crippen molar-refractivity contribution in [2.45, 2.75) is 26.4 Å². The molecule has 0 bridgehead atoms. The molecule has 0 saturated carbocycles. The van der Waals surface area contributed by atoms with Gasteiger partial charge in [0.1, 0.15) is 0 Å². The second-order valence-electron chi connectivity index (χ2n) is 4.38. The van der Waals surface area contributed by atoms with E-state index in [0.717, 1.165) is 25.6 Å². The number of benzene rings is 1. The van der Waals surface area contributed by atoms with Gasteiger partial charge in [0.05, 0.1) is 6.10 Å². The monoisotopic (exact) mass is 388 g/mol. The van der Waals surface area contributed by atoms with Crippen LogP contribution in [-0.2, 0) is 6.42 Å². The first-order valence-electron chi connectivity index (χ1n) is 5.65. The topological polar surface area (TPSA) is 20.2 Å². The molecule has 0 amide bonds. The second kappa shape index (κ2) is 5.87. The lowest BCUT2D eigenvalue weighted by atomic mass is 10.0. The lowest BCUT2D eigenvalue weighted by Gasteiger charge is -2.13. The number of thiophene rings is 1. The van der Waals surface area contributed by atoms with Crippen molar-refractivity contribution in [1.29, 1.82) is 0 Å². The molecule has 96 valence electrons. The molecule has 2 rings (SSSR count). The SMILES string of the molecule is Cc1cc(C(O)Cc2sccc2Br)cc(C)c1Br. The zero-order chi connectivity index (χ0) is 13.3. The van der Waals surface area contributed by atoms with Gasteiger partial charge >= 0.3 is 0 Å². The third-order valence-corrected chi connectivity index (χ3v) is 6.11. The Kier molecular flexibility index (Phi) is 4.64. The minimum atomic E-state index is -0.453. The average Bonchev–Trinajstić information content (AvgIpc) is 2.71. The van der Waals surface area contributed by atoms with E-state index in [1.165, 1.54) is 4.88 Å². The molecular formula is C14H14Br2OS. The zero-order valence-electron chi connectivity index (χ0n) is 10.2. The maximum absolute atomic E-state index is 10.3. The van der Waals surface area contributed by atoms with E-state index in [0.29, 0.717) is 6.42 Å². The van der Waals surface area contributed by atoms with Crippen molar-refractivity contribution in [3.05, 3.63) is 54.1 Å². The fourth-order valence-electron chi connectivity index (χ4n) is 1.94. The van der Waals surface area contributed by atoms with Crippen LogP contribution in [0.1, 0.15) is 27.7 Å². The molecule has 1 nitrogen and oxygen atoms in total. The van der Waals surface area contributed by atoms with Crippen LogP contribution in [0.3, 0.4) is 0 Å². The predicted molar refractivity (Wildman–Crippen MR) is 84.3 cm³/mol. The highest BCUT2D eigenvalue weighted by molar-refractivity contribution is 9.10. The van der Waals surface area contributed by atoms with Gasteiger partial charge < -0.3 is 5.11 Å². The Morgan fingerprint density at radius 3 is 2.33 bits per heavy atom. The predicted octanol–water partition coefficient (Wildman–Crippen LogP) is 5.17. The number of hydrogen-bond donors (Lipinski definition) is 1. The van der Waals surface area contributed by atoms with Crippen molar-refractivity contribution >= 4 is 43.2 Å². The quantitative estimate of drug-likeness (QED) is 0.767. The van der Waals surface area contributed by atoms with Gasteiger partial charge in [0, 0.05) is 20.2 Å². The minimum Gasteiger partial charge on any atom is -0.388 e. The number of hydrogen-bond acceptors (Lipinski definition) is 2. The number of aliphatic hydroxyl groups is 1. The van der Waals surface area contributed by atoms with Crippen LogP contribution in [0.2, 0.25) is 0 Å². The van der Waals surface area contributed by atoms with Gasteiger partial charge in [-0.15, -0.1) is 11.3 Å². The standard InChI is InChI=1S/C14H14Br2OS/c1-8-5-10(6-9(2)14(8)16)12(17)7-13-11(15)3-4-18-13/h3-6,12,17H,7H2,1-2H3. The molecule has 1 heterocycles. The van der Waals surface area contributed by atoms with Crippen LogP contribution >= 0.6 is 43.2 Å². The third-order valence-electron chi connectivity index (χ3n) is 2.91. The normalized spacial score (nSPS) is 12.7. The van der Waals surface area contributed by atoms with Gasteiger partial charge in [0.2, 0.25) is 0 Å². The highest BCUT2D eigenvalue weighted by atomic mass is 79.9. The van der Waals surface area contributed by atoms with Gasteiger partial charge in [0.15, 0.2) is 0 Å². The van der Waals surface area contributed by atoms with E-state index in [1.54, 1.807) is 11.3 Å². The smallest absolute Gasteiger partial charge is 0.0838 e. The van der Waals surface area contributed by atoms with E-state index in [1.807, 2.05) is 37.4 Å². The Hall–Kier alpha value is -0.160. The second-order valence-corrected chi connectivity index (χ2v) is 7.03. The van der Waals surface area contributed by atoms with Crippen LogP contribution in [0.25, 0.3) is 0 Å². The first-order valence-corrected chi connectivity index (χ1v) is 8.12. The number of aliphatic hydroxyl groups excluding tert-OH is 1. The van der Waals surface area contributed by atoms with E-state index in [9.17, 15) is 5.11 Å². The molecule has 2 aromatic rings. The summed E-state index contributed by atoms with van der Waals surface area (Å²) in [4.78, 5) is 1.18. The molecule has 0 radical (unpaired) electrons. The molecule has 1 aromatic carbocycles. The van der Waals surface area contributed by atoms with E-state index < -0.39 is 6.10 Å². The van der Waals surface area contributed by atoms with E-state index >= 15 is 0 Å². The molecule has 0 saturated heterocycles. The van der Waals surface area contributed by atoms with Gasteiger partial charge in [-0.2, -0.15) is 0 Å². The first-order chi connectivity index (χ1) is 8.49. The molecule has 18 heavy (non-hydrogen) atoms. The van der Waals surface area contributed by atoms with Crippen molar-refractivity contribution < 1.29 is 5.11 Å². The van der Waals surface area contributed by atoms with E-state index in [-0.39, 0.29) is 0 Å². The summed E-state index contributed by atoms with van der Waals surface area (Å²) >= 11 is 8.72. The molecule has 1 N–H and O–H groups in total. The molecule has 0 aliphatic rings. The van der Waals surface area contributed by atoms with E-state index in [4.69, 9.17) is 0 Å². The highest BCUT2D eigenvalue weighted by Crippen LogP contribution is 2.30. The lowest BCUT2D eigenvalue weighted by Crippen LogP contribution is -2.02. The van der Waals surface area contributed by atoms with Gasteiger partial charge in [-0.3, -0.25) is 0 Å². The van der Waals surface area contributed by atoms with Crippen molar-refractivity contribution in [1.82, 2.24) is 0 Å². The molecule has 0 spiro atoms. The molecule has 0 aliphatic heterocycles. The molecular weight excluding hydrogens is 376 g/mol. The van der Waals surface area contributed by atoms with Crippen LogP contribution < -0.4 is 0 Å². The van der Waals surface area contributed by atoms with Crippen molar-refractivity contribution in [2.24, 2.45) is 0 Å². The van der Waals surface area contributed by atoms with Crippen molar-refractivity contribution in [3.8, 4) is 0 Å². The average molecular weight is 390 g/mol. The molecule has 1 aromatic heterocycles. The van der Waals surface area contributed by atoms with Crippen LogP contribution in [0.5, 0.6) is 0 Å². The summed E-state index contributed by atoms with van der Waals surface area (Å²) in [5.74, 6) is 0. The van der Waals surface area contributed by atoms with Crippen LogP contribution in [0.4, 0.5) is 0 Å². The summed E-state index contributed by atoms with van der Waals surface area (Å²) in [6.45, 7) is 4.10. The van der Waals surface area contributed by atoms with E-state index in [2.05, 4.69) is 31.9 Å². The number of aryl methyl sites for hydroxylation is 2. The fraction of sp³-hybridized carbons (Fsp3) is 0.286. The maximum atomic E-state index is 10.3. The van der Waals surface area contributed by atoms with Crippen molar-refractivity contribution in [2.75, 3.05) is 0 Å². The fourth-order valence-corrected chi connectivity index (χ4v) is 3.72. The maximum Gasteiger partial charge on any atom is 0.0838 e. The molecule has 1 unspecified atom stereocenters. The number of rotatable bonds is 3. The summed E-state index contributed by atoms with van der Waals surface area (Å²) in [5.41, 5.74) is 3.30. The Morgan fingerprint density at radius 1 is 1.22 bits per heavy atom. The third kappa shape index (κ3) is 3.05.